The van der Waals surface area contributed by atoms with Crippen molar-refractivity contribution >= 4 is 27.6 Å². The number of sulfonamides is 1. The first-order chi connectivity index (χ1) is 15.5. The highest BCUT2D eigenvalue weighted by molar-refractivity contribution is 7.89. The lowest BCUT2D eigenvalue weighted by atomic mass is 9.79. The zero-order valence-corrected chi connectivity index (χ0v) is 20.0. The van der Waals surface area contributed by atoms with Crippen LogP contribution in [0.2, 0.25) is 0 Å². The van der Waals surface area contributed by atoms with Crippen molar-refractivity contribution in [2.24, 2.45) is 0 Å². The number of esters is 1. The number of carbonyl (C=O) groups is 2. The van der Waals surface area contributed by atoms with E-state index in [0.717, 1.165) is 17.1 Å². The molecule has 1 aliphatic rings. The molecule has 9 heteroatoms. The fraction of sp³-hybridized carbons (Fsp3) is 0.417. The summed E-state index contributed by atoms with van der Waals surface area (Å²) in [5, 5.41) is 2.66. The number of anilines is 1. The van der Waals surface area contributed by atoms with E-state index >= 15 is 0 Å². The first-order valence-electron chi connectivity index (χ1n) is 10.8. The van der Waals surface area contributed by atoms with Gasteiger partial charge in [-0.2, -0.15) is 0 Å². The van der Waals surface area contributed by atoms with Crippen LogP contribution >= 0.6 is 0 Å². The average Bonchev–Trinajstić information content (AvgIpc) is 3.26. The fourth-order valence-corrected chi connectivity index (χ4v) is 4.97. The van der Waals surface area contributed by atoms with Crippen molar-refractivity contribution in [3.05, 3.63) is 59.4 Å². The second-order valence-electron chi connectivity index (χ2n) is 8.60. The number of halogens is 1. The quantitative estimate of drug-likeness (QED) is 0.614. The first kappa shape index (κ1) is 24.9. The van der Waals surface area contributed by atoms with E-state index in [4.69, 9.17) is 4.74 Å². The zero-order chi connectivity index (χ0) is 24.4. The van der Waals surface area contributed by atoms with Crippen LogP contribution in [0.1, 0.15) is 43.7 Å². The van der Waals surface area contributed by atoms with Crippen molar-refractivity contribution < 1.29 is 27.1 Å². The molecule has 0 bridgehead atoms. The normalized spacial score (nSPS) is 16.4. The Morgan fingerprint density at radius 3 is 2.39 bits per heavy atom. The van der Waals surface area contributed by atoms with Crippen LogP contribution in [0.5, 0.6) is 0 Å². The minimum absolute atomic E-state index is 0.0362. The molecule has 1 saturated carbocycles. The number of ether oxygens (including phenoxy) is 1. The van der Waals surface area contributed by atoms with Crippen molar-refractivity contribution in [1.29, 1.82) is 0 Å². The summed E-state index contributed by atoms with van der Waals surface area (Å²) in [6, 6.07) is 10.4. The van der Waals surface area contributed by atoms with E-state index < -0.39 is 39.2 Å². The van der Waals surface area contributed by atoms with Gasteiger partial charge in [-0.15, -0.1) is 0 Å². The second kappa shape index (κ2) is 9.61. The summed E-state index contributed by atoms with van der Waals surface area (Å²) >= 11 is 0. The molecule has 0 saturated heterocycles. The zero-order valence-electron chi connectivity index (χ0n) is 19.2. The number of hydrogen-bond acceptors (Lipinski definition) is 5. The number of nitrogens with one attached hydrogen (secondary N) is 1. The third-order valence-corrected chi connectivity index (χ3v) is 7.93. The summed E-state index contributed by atoms with van der Waals surface area (Å²) < 4.78 is 45.3. The molecule has 2 aromatic carbocycles. The molecule has 0 heterocycles. The minimum atomic E-state index is -3.68. The van der Waals surface area contributed by atoms with Gasteiger partial charge in [-0.25, -0.2) is 17.1 Å². The van der Waals surface area contributed by atoms with Gasteiger partial charge in [0.05, 0.1) is 10.3 Å². The van der Waals surface area contributed by atoms with Gasteiger partial charge in [0, 0.05) is 19.8 Å². The molecule has 3 rings (SSSR count). The Kier molecular flexibility index (Phi) is 7.23. The maximum atomic E-state index is 13.8. The summed E-state index contributed by atoms with van der Waals surface area (Å²) in [6.45, 7) is 3.19. The molecule has 1 amide bonds. The lowest BCUT2D eigenvalue weighted by molar-refractivity contribution is -0.159. The monoisotopic (exact) mass is 476 g/mol. The van der Waals surface area contributed by atoms with E-state index in [2.05, 4.69) is 5.32 Å². The van der Waals surface area contributed by atoms with Crippen LogP contribution in [0.15, 0.2) is 47.4 Å². The molecule has 2 aromatic rings. The Hall–Kier alpha value is -2.78. The maximum absolute atomic E-state index is 13.8. The molecular formula is C24H29FN2O5S. The molecule has 33 heavy (non-hydrogen) atoms. The Balaban J connectivity index is 1.78. The number of benzene rings is 2. The average molecular weight is 477 g/mol. The van der Waals surface area contributed by atoms with Gasteiger partial charge in [0.15, 0.2) is 6.10 Å². The van der Waals surface area contributed by atoms with Crippen LogP contribution in [0.4, 0.5) is 10.1 Å². The van der Waals surface area contributed by atoms with Crippen molar-refractivity contribution in [1.82, 2.24) is 4.31 Å². The standard InChI is InChI=1S/C24H29FN2O5S/c1-16-10-11-20(33(30,31)27(3)4)15-21(16)26-22(28)17(2)32-23(29)24(12-5-6-13-24)18-8-7-9-19(25)14-18/h7-11,14-15,17H,5-6,12-13H2,1-4H3,(H,26,28). The lowest BCUT2D eigenvalue weighted by Gasteiger charge is -2.28. The van der Waals surface area contributed by atoms with E-state index in [1.807, 2.05) is 0 Å². The third kappa shape index (κ3) is 5.09. The molecular weight excluding hydrogens is 447 g/mol. The molecule has 1 atom stereocenters. The summed E-state index contributed by atoms with van der Waals surface area (Å²) in [6.07, 6.45) is 1.52. The van der Waals surface area contributed by atoms with Crippen molar-refractivity contribution in [2.75, 3.05) is 19.4 Å². The molecule has 178 valence electrons. The van der Waals surface area contributed by atoms with Gasteiger partial charge in [-0.05, 0) is 62.1 Å². The van der Waals surface area contributed by atoms with E-state index in [-0.39, 0.29) is 4.90 Å². The van der Waals surface area contributed by atoms with Crippen LogP contribution in [0.3, 0.4) is 0 Å². The van der Waals surface area contributed by atoms with E-state index in [1.165, 1.54) is 45.3 Å². The molecule has 0 aromatic heterocycles. The van der Waals surface area contributed by atoms with Crippen molar-refractivity contribution in [3.63, 3.8) is 0 Å². The van der Waals surface area contributed by atoms with Gasteiger partial charge in [0.1, 0.15) is 5.82 Å². The Bertz CT molecular complexity index is 1160. The number of hydrogen-bond donors (Lipinski definition) is 1. The van der Waals surface area contributed by atoms with Gasteiger partial charge in [0.2, 0.25) is 10.0 Å². The number of aryl methyl sites for hydroxylation is 1. The molecule has 0 spiro atoms. The molecule has 0 radical (unpaired) electrons. The minimum Gasteiger partial charge on any atom is -0.452 e. The van der Waals surface area contributed by atoms with Crippen LogP contribution in [-0.4, -0.2) is 44.8 Å². The summed E-state index contributed by atoms with van der Waals surface area (Å²) in [5.41, 5.74) is 0.542. The number of amides is 1. The van der Waals surface area contributed by atoms with Gasteiger partial charge < -0.3 is 10.1 Å². The van der Waals surface area contributed by atoms with Crippen LogP contribution in [0, 0.1) is 12.7 Å². The molecule has 1 N–H and O–H groups in total. The van der Waals surface area contributed by atoms with Gasteiger partial charge in [-0.3, -0.25) is 9.59 Å². The molecule has 7 nitrogen and oxygen atoms in total. The fourth-order valence-electron chi connectivity index (χ4n) is 4.04. The van der Waals surface area contributed by atoms with Gasteiger partial charge in [0.25, 0.3) is 5.91 Å². The predicted octanol–water partition coefficient (Wildman–Crippen LogP) is 3.77. The van der Waals surface area contributed by atoms with Crippen molar-refractivity contribution in [3.8, 4) is 0 Å². The van der Waals surface area contributed by atoms with E-state index in [9.17, 15) is 22.4 Å². The van der Waals surface area contributed by atoms with E-state index in [0.29, 0.717) is 29.7 Å². The topological polar surface area (TPSA) is 92.8 Å². The van der Waals surface area contributed by atoms with Gasteiger partial charge >= 0.3 is 5.97 Å². The summed E-state index contributed by atoms with van der Waals surface area (Å²) in [7, 11) is -0.832. The third-order valence-electron chi connectivity index (χ3n) is 6.12. The van der Waals surface area contributed by atoms with Crippen molar-refractivity contribution in [2.45, 2.75) is 55.9 Å². The van der Waals surface area contributed by atoms with E-state index in [1.54, 1.807) is 25.1 Å². The van der Waals surface area contributed by atoms with Crippen LogP contribution < -0.4 is 5.32 Å². The SMILES string of the molecule is Cc1ccc(S(=O)(=O)N(C)C)cc1NC(=O)C(C)OC(=O)C1(c2cccc(F)c2)CCCC1. The number of carbonyl (C=O) groups excluding carboxylic acids is 2. The Morgan fingerprint density at radius 1 is 1.12 bits per heavy atom. The highest BCUT2D eigenvalue weighted by Crippen LogP contribution is 2.42. The predicted molar refractivity (Wildman–Crippen MR) is 123 cm³/mol. The maximum Gasteiger partial charge on any atom is 0.317 e. The van der Waals surface area contributed by atoms with Crippen LogP contribution in [0.25, 0.3) is 0 Å². The molecule has 0 aliphatic heterocycles. The first-order valence-corrected chi connectivity index (χ1v) is 12.2. The Morgan fingerprint density at radius 2 is 1.79 bits per heavy atom. The highest BCUT2D eigenvalue weighted by atomic mass is 32.2. The molecule has 1 aliphatic carbocycles. The molecule has 1 unspecified atom stereocenters. The Labute approximate surface area is 194 Å². The summed E-state index contributed by atoms with van der Waals surface area (Å²) in [5.74, 6) is -1.58. The lowest BCUT2D eigenvalue weighted by Crippen LogP contribution is -2.40. The summed E-state index contributed by atoms with van der Waals surface area (Å²) in [4.78, 5) is 26.0. The highest BCUT2D eigenvalue weighted by Gasteiger charge is 2.45. The van der Waals surface area contributed by atoms with Gasteiger partial charge in [-0.1, -0.05) is 31.0 Å². The van der Waals surface area contributed by atoms with Crippen LogP contribution in [-0.2, 0) is 29.8 Å². The molecule has 1 fully saturated rings. The smallest absolute Gasteiger partial charge is 0.317 e. The number of rotatable bonds is 7. The number of nitrogens with zero attached hydrogens (tertiary/aromatic N) is 1. The second-order valence-corrected chi connectivity index (χ2v) is 10.8. The largest absolute Gasteiger partial charge is 0.452 e.